The highest BCUT2D eigenvalue weighted by molar-refractivity contribution is 6.32. The highest BCUT2D eigenvalue weighted by atomic mass is 35.5. The number of carbonyl (C=O) groups excluding carboxylic acids is 7. The van der Waals surface area contributed by atoms with Crippen molar-refractivity contribution in [1.29, 1.82) is 0 Å². The lowest BCUT2D eigenvalue weighted by molar-refractivity contribution is -0.284. The second kappa shape index (κ2) is 27.0. The Hall–Kier alpha value is -11.2. The molecule has 0 spiro atoms. The Labute approximate surface area is 567 Å². The average Bonchev–Trinajstić information content (AvgIpc) is 0.768. The number of aromatic hydroxyl groups is 6. The second-order valence-electron chi connectivity index (χ2n) is 23.6. The number of nitrogens with one attached hydrogen (secondary N) is 7. The summed E-state index contributed by atoms with van der Waals surface area (Å²) in [6.07, 6.45) is -10.2. The monoisotopic (exact) mass is 1400 g/mol. The van der Waals surface area contributed by atoms with E-state index >= 15 is 24.0 Å². The topological polar surface area (TPSA) is 495 Å². The van der Waals surface area contributed by atoms with Gasteiger partial charge in [-0.25, -0.2) is 4.79 Å². The third-order valence-electron chi connectivity index (χ3n) is 17.0. The molecule has 99 heavy (non-hydrogen) atoms. The van der Waals surface area contributed by atoms with Gasteiger partial charge in [-0.2, -0.15) is 0 Å². The molecule has 0 aromatic heterocycles. The van der Waals surface area contributed by atoms with Gasteiger partial charge in [-0.05, 0) is 112 Å². The van der Waals surface area contributed by atoms with Crippen LogP contribution in [0.3, 0.4) is 0 Å². The SMILES string of the molecule is CC(=O)N[C@@H]1[C@H](O[C@@H]2c3ccc(c(Cl)c3)Oc3cc4cc(c3O)Oc3ccc(cc3Cl)C[C@H]3NC(=O)[C@H](N)c5ccc(O)c(c5)Oc5cc(O)cc(c5)[C@H](NC3=O)C(=O)N[C@H]4C(=O)N[C@H]3C(=O)N[C@@H]2C(=O)N[C@H](C(=O)O)c2cc(O)cc(O)c2-c2cc3ccc2O)O[C@@H](CO)[C@@H](O)[C@@H]1O. The van der Waals surface area contributed by atoms with Crippen molar-refractivity contribution in [2.24, 2.45) is 5.73 Å². The van der Waals surface area contributed by atoms with Crippen molar-refractivity contribution in [2.45, 2.75) is 92.4 Å². The number of benzene rings is 7. The van der Waals surface area contributed by atoms with Gasteiger partial charge >= 0.3 is 5.97 Å². The van der Waals surface area contributed by atoms with E-state index in [2.05, 4.69) is 37.2 Å². The standard InChI is InChI=1S/C66H58Cl2N8O23/c1-23(78)70-53-57(86)56(85)46(22-77)98-66(53)99-58-27-5-9-42(36(68)15-27)97-45-18-29-17-44(55(45)84)96-41-8-2-24(10-35(41)67)11-37-59(87)72-50(28-12-30(79)19-32(13-28)95-43-16-25(3-7-39(43)82)48(69)60(88)71-37)62(90)74-51(29)63(91)73-49-26-4-6-38(81)33(14-26)47-34(20-31(80)21-40(47)83)52(65(93)94)75-64(92)54(58)76-61(49)89/h2-10,12-21,37,46,48-54,56-58,66,77,79-86H,11,22,69H2,1H3,(H,70,78)(H,71,88)(H,72,87)(H,73,91)(H,74,90)(H,75,92)(H,76,89)(H,93,94)/t37-,46+,48-,49-,50+,51-,52+,53+,54+,56-,57-,58-,66+/m1/s1. The summed E-state index contributed by atoms with van der Waals surface area (Å²) in [6, 6.07) is 4.95. The van der Waals surface area contributed by atoms with Crippen LogP contribution in [0.4, 0.5) is 0 Å². The number of rotatable bonds is 5. The smallest absolute Gasteiger partial charge is 0.330 e. The van der Waals surface area contributed by atoms with Crippen molar-refractivity contribution in [3.63, 3.8) is 0 Å². The number of hydrogen-bond donors (Lipinski definition) is 18. The molecule has 0 aliphatic carbocycles. The number of carbonyl (C=O) groups is 8. The summed E-state index contributed by atoms with van der Waals surface area (Å²) in [7, 11) is 0. The van der Waals surface area contributed by atoms with Crippen LogP contribution in [0, 0.1) is 0 Å². The van der Waals surface area contributed by atoms with Gasteiger partial charge in [0, 0.05) is 42.2 Å². The number of fused-ring (bicyclic) bond motifs is 14. The Morgan fingerprint density at radius 2 is 1.17 bits per heavy atom. The summed E-state index contributed by atoms with van der Waals surface area (Å²) < 4.78 is 31.1. The molecule has 13 atom stereocenters. The van der Waals surface area contributed by atoms with Crippen molar-refractivity contribution in [1.82, 2.24) is 37.2 Å². The van der Waals surface area contributed by atoms with E-state index in [-0.39, 0.29) is 62.3 Å². The summed E-state index contributed by atoms with van der Waals surface area (Å²) in [5, 5.41) is 130. The number of nitrogens with two attached hydrogens (primary N) is 1. The van der Waals surface area contributed by atoms with Crippen LogP contribution in [0.1, 0.15) is 82.2 Å². The minimum Gasteiger partial charge on any atom is -0.508 e. The molecule has 0 radical (unpaired) electrons. The Morgan fingerprint density at radius 1 is 0.576 bits per heavy atom. The van der Waals surface area contributed by atoms with E-state index in [1.54, 1.807) is 0 Å². The molecule has 17 bridgehead atoms. The first-order valence-electron chi connectivity index (χ1n) is 30.0. The van der Waals surface area contributed by atoms with Crippen LogP contribution < -0.4 is 57.2 Å². The predicted octanol–water partition coefficient (Wildman–Crippen LogP) is 2.95. The molecular weight excluding hydrogens is 1340 g/mol. The summed E-state index contributed by atoms with van der Waals surface area (Å²) in [4.78, 5) is 119. The maximum atomic E-state index is 16.1. The largest absolute Gasteiger partial charge is 0.508 e. The van der Waals surface area contributed by atoms with Gasteiger partial charge in [-0.15, -0.1) is 0 Å². The van der Waals surface area contributed by atoms with Crippen molar-refractivity contribution < 1.29 is 113 Å². The third-order valence-corrected chi connectivity index (χ3v) is 17.5. The van der Waals surface area contributed by atoms with Crippen molar-refractivity contribution in [2.75, 3.05) is 6.61 Å². The Bertz CT molecular complexity index is 4520. The summed E-state index contributed by atoms with van der Waals surface area (Å²) in [6.45, 7) is 0.0228. The molecule has 7 heterocycles. The van der Waals surface area contributed by atoms with Crippen LogP contribution in [-0.2, 0) is 54.3 Å². The van der Waals surface area contributed by atoms with Crippen LogP contribution in [0.15, 0.2) is 115 Å². The number of phenolic OH excluding ortho intramolecular Hbond substituents is 6. The zero-order valence-corrected chi connectivity index (χ0v) is 52.5. The number of amides is 7. The zero-order chi connectivity index (χ0) is 70.7. The molecule has 7 aliphatic heterocycles. The Morgan fingerprint density at radius 3 is 1.83 bits per heavy atom. The fourth-order valence-electron chi connectivity index (χ4n) is 12.1. The number of aliphatic hydroxyl groups excluding tert-OH is 3. The maximum Gasteiger partial charge on any atom is 0.330 e. The molecule has 14 rings (SSSR count). The molecule has 0 saturated carbocycles. The summed E-state index contributed by atoms with van der Waals surface area (Å²) in [5.74, 6) is -17.0. The first-order chi connectivity index (χ1) is 47.1. The predicted molar refractivity (Wildman–Crippen MR) is 339 cm³/mol. The first-order valence-corrected chi connectivity index (χ1v) is 30.8. The number of carboxylic acid groups (broad SMARTS) is 1. The van der Waals surface area contributed by atoms with Crippen LogP contribution >= 0.6 is 23.2 Å². The van der Waals surface area contributed by atoms with Gasteiger partial charge in [0.05, 0.1) is 16.7 Å². The van der Waals surface area contributed by atoms with E-state index in [1.165, 1.54) is 48.5 Å². The van der Waals surface area contributed by atoms with Crippen molar-refractivity contribution >= 4 is 70.5 Å². The van der Waals surface area contributed by atoms with Crippen molar-refractivity contribution in [3.05, 3.63) is 164 Å². The number of hydrogen-bond acceptors (Lipinski definition) is 23. The summed E-state index contributed by atoms with van der Waals surface area (Å²) in [5.41, 5.74) is 3.85. The number of phenols is 6. The molecule has 0 unspecified atom stereocenters. The van der Waals surface area contributed by atoms with E-state index in [1.807, 2.05) is 0 Å². The fraction of sp³-hybridized carbons (Fsp3) is 0.242. The molecule has 19 N–H and O–H groups in total. The molecule has 7 amide bonds. The molecule has 1 fully saturated rings. The van der Waals surface area contributed by atoms with Gasteiger partial charge in [0.2, 0.25) is 47.1 Å². The number of halogens is 2. The minimum absolute atomic E-state index is 0.0913. The molecule has 33 heteroatoms. The van der Waals surface area contributed by atoms with Crippen LogP contribution in [0.5, 0.6) is 69.0 Å². The van der Waals surface area contributed by atoms with Crippen molar-refractivity contribution in [3.8, 4) is 80.1 Å². The lowest BCUT2D eigenvalue weighted by Gasteiger charge is -2.44. The lowest BCUT2D eigenvalue weighted by Crippen LogP contribution is -2.65. The van der Waals surface area contributed by atoms with Gasteiger partial charge in [-0.3, -0.25) is 33.6 Å². The maximum absolute atomic E-state index is 16.1. The van der Waals surface area contributed by atoms with E-state index in [4.69, 9.17) is 52.6 Å². The third kappa shape index (κ3) is 13.5. The minimum atomic E-state index is -2.38. The summed E-state index contributed by atoms with van der Waals surface area (Å²) >= 11 is 14.0. The highest BCUT2D eigenvalue weighted by Crippen LogP contribution is 2.49. The molecule has 7 aromatic rings. The molecule has 514 valence electrons. The molecule has 31 nitrogen and oxygen atoms in total. The first kappa shape index (κ1) is 67.8. The van der Waals surface area contributed by atoms with E-state index < -0.39 is 206 Å². The van der Waals surface area contributed by atoms with Gasteiger partial charge in [0.1, 0.15) is 107 Å². The quantitative estimate of drug-likeness (QED) is 0.118. The van der Waals surface area contributed by atoms with Gasteiger partial charge in [-0.1, -0.05) is 47.5 Å². The van der Waals surface area contributed by atoms with Gasteiger partial charge in [0.15, 0.2) is 35.3 Å². The van der Waals surface area contributed by atoms with E-state index in [9.17, 15) is 65.4 Å². The highest BCUT2D eigenvalue weighted by Gasteiger charge is 2.49. The average molecular weight is 1400 g/mol. The number of carboxylic acids is 1. The number of aliphatic hydroxyl groups is 3. The normalized spacial score (nSPS) is 25.2. The van der Waals surface area contributed by atoms with Crippen LogP contribution in [0.25, 0.3) is 11.1 Å². The Kier molecular flexibility index (Phi) is 18.5. The molecule has 1 saturated heterocycles. The lowest BCUT2D eigenvalue weighted by atomic mass is 9.89. The van der Waals surface area contributed by atoms with E-state index in [0.29, 0.717) is 0 Å². The van der Waals surface area contributed by atoms with Gasteiger partial charge in [0.25, 0.3) is 0 Å². The van der Waals surface area contributed by atoms with Crippen LogP contribution in [0.2, 0.25) is 10.0 Å². The Balaban J connectivity index is 1.10. The van der Waals surface area contributed by atoms with Crippen LogP contribution in [-0.4, -0.2) is 148 Å². The fourth-order valence-corrected chi connectivity index (χ4v) is 12.6. The molecule has 7 aliphatic rings. The van der Waals surface area contributed by atoms with Gasteiger partial charge < -0.3 is 118 Å². The second-order valence-corrected chi connectivity index (χ2v) is 24.5. The molecular formula is C66H58Cl2N8O23. The number of aliphatic carboxylic acids is 1. The number of ether oxygens (including phenoxy) is 5. The zero-order valence-electron chi connectivity index (χ0n) is 51.0. The molecule has 7 aromatic carbocycles. The van der Waals surface area contributed by atoms with E-state index in [0.717, 1.165) is 73.7 Å².